The molecular formula is C15H23N3O5S. The molecule has 1 saturated carbocycles. The fraction of sp³-hybridized carbons (Fsp3) is 0.733. The minimum Gasteiger partial charge on any atom is -0.392 e. The zero-order chi connectivity index (χ0) is 17.7. The van der Waals surface area contributed by atoms with Gasteiger partial charge in [-0.25, -0.2) is 13.2 Å². The van der Waals surface area contributed by atoms with Gasteiger partial charge in [0.25, 0.3) is 5.56 Å². The first-order valence-electron chi connectivity index (χ1n) is 8.14. The van der Waals surface area contributed by atoms with E-state index in [0.717, 1.165) is 34.6 Å². The molecule has 2 heterocycles. The normalized spacial score (nSPS) is 28.5. The number of piperidine rings is 1. The molecule has 8 nitrogen and oxygen atoms in total. The third-order valence-electron chi connectivity index (χ3n) is 5.47. The Morgan fingerprint density at radius 2 is 1.88 bits per heavy atom. The van der Waals surface area contributed by atoms with E-state index in [4.69, 9.17) is 0 Å². The second kappa shape index (κ2) is 5.82. The molecule has 0 radical (unpaired) electrons. The molecule has 0 unspecified atom stereocenters. The van der Waals surface area contributed by atoms with E-state index in [9.17, 15) is 23.1 Å². The van der Waals surface area contributed by atoms with Crippen LogP contribution < -0.4 is 11.2 Å². The van der Waals surface area contributed by atoms with Gasteiger partial charge in [-0.05, 0) is 25.7 Å². The van der Waals surface area contributed by atoms with Gasteiger partial charge in [-0.1, -0.05) is 6.42 Å². The Hall–Kier alpha value is -1.45. The summed E-state index contributed by atoms with van der Waals surface area (Å²) >= 11 is 0. The number of rotatable bonds is 2. The van der Waals surface area contributed by atoms with Crippen LogP contribution in [0.4, 0.5) is 0 Å². The van der Waals surface area contributed by atoms with Gasteiger partial charge in [0.2, 0.25) is 10.0 Å². The summed E-state index contributed by atoms with van der Waals surface area (Å²) in [5.41, 5.74) is -1.79. The van der Waals surface area contributed by atoms with Gasteiger partial charge in [0, 0.05) is 38.8 Å². The minimum absolute atomic E-state index is 0.225. The summed E-state index contributed by atoms with van der Waals surface area (Å²) < 4.78 is 29.2. The monoisotopic (exact) mass is 357 g/mol. The van der Waals surface area contributed by atoms with Crippen LogP contribution >= 0.6 is 0 Å². The van der Waals surface area contributed by atoms with Gasteiger partial charge in [-0.2, -0.15) is 4.31 Å². The lowest BCUT2D eigenvalue weighted by molar-refractivity contribution is 0.0126. The highest BCUT2D eigenvalue weighted by Gasteiger charge is 2.47. The molecule has 1 aromatic rings. The van der Waals surface area contributed by atoms with Crippen molar-refractivity contribution in [1.29, 1.82) is 0 Å². The molecule has 24 heavy (non-hydrogen) atoms. The lowest BCUT2D eigenvalue weighted by atomic mass is 9.77. The van der Waals surface area contributed by atoms with Crippen molar-refractivity contribution in [3.05, 3.63) is 27.0 Å². The fourth-order valence-electron chi connectivity index (χ4n) is 4.01. The van der Waals surface area contributed by atoms with Gasteiger partial charge in [-0.3, -0.25) is 9.36 Å². The van der Waals surface area contributed by atoms with Crippen LogP contribution in [0.3, 0.4) is 0 Å². The first-order valence-corrected chi connectivity index (χ1v) is 9.58. The first-order chi connectivity index (χ1) is 11.2. The number of aliphatic hydroxyl groups is 1. The lowest BCUT2D eigenvalue weighted by Gasteiger charge is -2.41. The predicted octanol–water partition coefficient (Wildman–Crippen LogP) is -0.600. The van der Waals surface area contributed by atoms with Crippen molar-refractivity contribution >= 4 is 10.0 Å². The number of nitrogens with zero attached hydrogens (tertiary/aromatic N) is 3. The van der Waals surface area contributed by atoms with Crippen molar-refractivity contribution in [2.75, 3.05) is 13.1 Å². The summed E-state index contributed by atoms with van der Waals surface area (Å²) in [7, 11) is -1.33. The molecule has 1 aromatic heterocycles. The van der Waals surface area contributed by atoms with E-state index >= 15 is 0 Å². The van der Waals surface area contributed by atoms with Crippen LogP contribution in [-0.2, 0) is 24.1 Å². The molecule has 9 heteroatoms. The summed E-state index contributed by atoms with van der Waals surface area (Å²) in [5.74, 6) is 0. The molecule has 2 fully saturated rings. The molecule has 1 saturated heterocycles. The number of aromatic nitrogens is 2. The molecule has 2 aliphatic rings. The Morgan fingerprint density at radius 3 is 2.50 bits per heavy atom. The molecule has 2 atom stereocenters. The van der Waals surface area contributed by atoms with E-state index in [0.29, 0.717) is 19.4 Å². The van der Waals surface area contributed by atoms with E-state index in [1.54, 1.807) is 0 Å². The molecule has 1 aliphatic heterocycles. The molecule has 134 valence electrons. The summed E-state index contributed by atoms with van der Waals surface area (Å²) in [6, 6.07) is 0. The molecule has 0 aromatic carbocycles. The van der Waals surface area contributed by atoms with Gasteiger partial charge in [0.15, 0.2) is 4.90 Å². The topological polar surface area (TPSA) is 102 Å². The average molecular weight is 357 g/mol. The Morgan fingerprint density at radius 1 is 1.21 bits per heavy atom. The minimum atomic E-state index is -4.01. The number of aliphatic hydroxyl groups excluding tert-OH is 1. The second-order valence-electron chi connectivity index (χ2n) is 6.96. The molecule has 1 aliphatic carbocycles. The van der Waals surface area contributed by atoms with Crippen LogP contribution in [0, 0.1) is 5.41 Å². The summed E-state index contributed by atoms with van der Waals surface area (Å²) in [4.78, 5) is 23.7. The number of hydrogen-bond donors (Lipinski definition) is 1. The van der Waals surface area contributed by atoms with Gasteiger partial charge < -0.3 is 9.67 Å². The maximum absolute atomic E-state index is 13.0. The third-order valence-corrected chi connectivity index (χ3v) is 7.29. The zero-order valence-electron chi connectivity index (χ0n) is 13.9. The highest BCUT2D eigenvalue weighted by molar-refractivity contribution is 7.89. The SMILES string of the molecule is Cn1cc(S(=O)(=O)N2CCC[C@]3(CCC[C@H]3O)C2)c(=O)n(C)c1=O. The van der Waals surface area contributed by atoms with Crippen LogP contribution in [0.15, 0.2) is 20.7 Å². The average Bonchev–Trinajstić information content (AvgIpc) is 2.89. The van der Waals surface area contributed by atoms with Crippen LogP contribution in [0.5, 0.6) is 0 Å². The molecule has 1 N–H and O–H groups in total. The van der Waals surface area contributed by atoms with Crippen LogP contribution in [0.1, 0.15) is 32.1 Å². The first kappa shape index (κ1) is 17.4. The standard InChI is InChI=1S/C15H23N3O5S/c1-16-9-11(13(20)17(2)14(16)21)24(22,23)18-8-4-7-15(10-18)6-3-5-12(15)19/h9,12,19H,3-8,10H2,1-2H3/t12-,15-/m1/s1. The Labute approximate surface area is 140 Å². The van der Waals surface area contributed by atoms with Gasteiger partial charge >= 0.3 is 5.69 Å². The summed E-state index contributed by atoms with van der Waals surface area (Å²) in [6.45, 7) is 0.547. The van der Waals surface area contributed by atoms with Crippen LogP contribution in [0.2, 0.25) is 0 Å². The molecule has 1 spiro atoms. The van der Waals surface area contributed by atoms with Crippen molar-refractivity contribution < 1.29 is 13.5 Å². The van der Waals surface area contributed by atoms with E-state index in [-0.39, 0.29) is 6.54 Å². The van der Waals surface area contributed by atoms with E-state index in [1.807, 2.05) is 0 Å². The maximum atomic E-state index is 13.0. The number of hydrogen-bond acceptors (Lipinski definition) is 5. The van der Waals surface area contributed by atoms with E-state index in [1.165, 1.54) is 18.4 Å². The van der Waals surface area contributed by atoms with Gasteiger partial charge in [0.05, 0.1) is 6.10 Å². The highest BCUT2D eigenvalue weighted by Crippen LogP contribution is 2.45. The molecular weight excluding hydrogens is 334 g/mol. The Bertz CT molecular complexity index is 872. The molecule has 0 amide bonds. The second-order valence-corrected chi connectivity index (χ2v) is 8.87. The van der Waals surface area contributed by atoms with Crippen molar-refractivity contribution in [1.82, 2.24) is 13.4 Å². The quantitative estimate of drug-likeness (QED) is 0.762. The van der Waals surface area contributed by atoms with E-state index in [2.05, 4.69) is 0 Å². The largest absolute Gasteiger partial charge is 0.392 e. The third kappa shape index (κ3) is 2.55. The zero-order valence-corrected chi connectivity index (χ0v) is 14.8. The number of sulfonamides is 1. The van der Waals surface area contributed by atoms with Crippen molar-refractivity contribution in [2.24, 2.45) is 19.5 Å². The van der Waals surface area contributed by atoms with Gasteiger partial charge in [-0.15, -0.1) is 0 Å². The Kier molecular flexibility index (Phi) is 4.21. The van der Waals surface area contributed by atoms with Crippen LogP contribution in [-0.4, -0.2) is 46.2 Å². The fourth-order valence-corrected chi connectivity index (χ4v) is 5.73. The number of aryl methyl sites for hydroxylation is 1. The Balaban J connectivity index is 2.03. The van der Waals surface area contributed by atoms with Crippen molar-refractivity contribution in [2.45, 2.75) is 43.1 Å². The molecule has 0 bridgehead atoms. The van der Waals surface area contributed by atoms with Gasteiger partial charge in [0.1, 0.15) is 0 Å². The molecule has 3 rings (SSSR count). The lowest BCUT2D eigenvalue weighted by Crippen LogP contribution is -2.51. The van der Waals surface area contributed by atoms with E-state index < -0.39 is 37.7 Å². The van der Waals surface area contributed by atoms with Crippen molar-refractivity contribution in [3.8, 4) is 0 Å². The van der Waals surface area contributed by atoms with Crippen molar-refractivity contribution in [3.63, 3.8) is 0 Å². The van der Waals surface area contributed by atoms with Crippen LogP contribution in [0.25, 0.3) is 0 Å². The predicted molar refractivity (Wildman–Crippen MR) is 87.2 cm³/mol. The highest BCUT2D eigenvalue weighted by atomic mass is 32.2. The summed E-state index contributed by atoms with van der Waals surface area (Å²) in [6.07, 6.45) is 4.41. The summed E-state index contributed by atoms with van der Waals surface area (Å²) in [5, 5.41) is 10.3. The smallest absolute Gasteiger partial charge is 0.330 e. The maximum Gasteiger partial charge on any atom is 0.330 e.